The summed E-state index contributed by atoms with van der Waals surface area (Å²) < 4.78 is 1.71. The molecule has 1 aromatic carbocycles. The van der Waals surface area contributed by atoms with Crippen molar-refractivity contribution in [3.63, 3.8) is 0 Å². The number of fused-ring (bicyclic) bond motifs is 1. The molecule has 0 spiro atoms. The zero-order valence-electron chi connectivity index (χ0n) is 10.9. The smallest absolute Gasteiger partial charge is 0.226 e. The average molecular weight is 308 g/mol. The lowest BCUT2D eigenvalue weighted by molar-refractivity contribution is 0.887. The zero-order chi connectivity index (χ0) is 14.3. The first-order valence-electron chi connectivity index (χ1n) is 5.96. The minimum absolute atomic E-state index is 0.170. The molecule has 0 aliphatic rings. The van der Waals surface area contributed by atoms with Gasteiger partial charge in [0, 0.05) is 12.1 Å². The predicted octanol–water partition coefficient (Wildman–Crippen LogP) is 3.47. The Balaban J connectivity index is 2.33. The van der Waals surface area contributed by atoms with Crippen molar-refractivity contribution in [3.8, 4) is 5.69 Å². The van der Waals surface area contributed by atoms with E-state index in [1.807, 2.05) is 25.1 Å². The third kappa shape index (κ3) is 1.99. The van der Waals surface area contributed by atoms with Gasteiger partial charge in [-0.2, -0.15) is 15.1 Å². The molecule has 0 saturated heterocycles. The largest absolute Gasteiger partial charge is 0.372 e. The van der Waals surface area contributed by atoms with E-state index in [1.165, 1.54) is 0 Å². The summed E-state index contributed by atoms with van der Waals surface area (Å²) in [6, 6.07) is 5.65. The molecule has 0 atom stereocenters. The van der Waals surface area contributed by atoms with Crippen LogP contribution in [-0.2, 0) is 0 Å². The Hall–Kier alpha value is -1.85. The highest BCUT2D eigenvalue weighted by Crippen LogP contribution is 2.27. The van der Waals surface area contributed by atoms with Crippen LogP contribution in [0.2, 0.25) is 10.3 Å². The lowest BCUT2D eigenvalue weighted by atomic mass is 10.2. The van der Waals surface area contributed by atoms with Gasteiger partial charge < -0.3 is 5.32 Å². The van der Waals surface area contributed by atoms with Gasteiger partial charge in [0.2, 0.25) is 5.28 Å². The number of aromatic nitrogens is 4. The molecule has 0 fully saturated rings. The van der Waals surface area contributed by atoms with Gasteiger partial charge in [-0.05, 0) is 36.2 Å². The summed E-state index contributed by atoms with van der Waals surface area (Å²) in [7, 11) is 1.78. The van der Waals surface area contributed by atoms with Crippen molar-refractivity contribution in [3.05, 3.63) is 40.3 Å². The van der Waals surface area contributed by atoms with Crippen molar-refractivity contribution in [2.24, 2.45) is 0 Å². The molecule has 3 rings (SSSR count). The number of rotatable bonds is 2. The Bertz CT molecular complexity index is 797. The third-order valence-electron chi connectivity index (χ3n) is 3.11. The summed E-state index contributed by atoms with van der Waals surface area (Å²) in [5, 5.41) is 9.01. The van der Waals surface area contributed by atoms with E-state index in [9.17, 15) is 0 Å². The number of benzene rings is 1. The number of hydrogen-bond donors (Lipinski definition) is 1. The van der Waals surface area contributed by atoms with Gasteiger partial charge in [0.05, 0.1) is 17.3 Å². The molecule has 102 valence electrons. The monoisotopic (exact) mass is 307 g/mol. The lowest BCUT2D eigenvalue weighted by Crippen LogP contribution is -2.02. The van der Waals surface area contributed by atoms with Gasteiger partial charge in [-0.25, -0.2) is 4.68 Å². The summed E-state index contributed by atoms with van der Waals surface area (Å²) in [6.45, 7) is 1.94. The maximum absolute atomic E-state index is 6.16. The quantitative estimate of drug-likeness (QED) is 0.737. The molecule has 0 amide bonds. The number of anilines is 1. The van der Waals surface area contributed by atoms with Crippen molar-refractivity contribution < 1.29 is 0 Å². The van der Waals surface area contributed by atoms with Crippen LogP contribution in [0.5, 0.6) is 0 Å². The fourth-order valence-electron chi connectivity index (χ4n) is 2.07. The second kappa shape index (κ2) is 4.92. The number of hydrogen-bond acceptors (Lipinski definition) is 4. The molecular weight excluding hydrogens is 297 g/mol. The Morgan fingerprint density at radius 2 is 2.00 bits per heavy atom. The van der Waals surface area contributed by atoms with Crippen LogP contribution in [0.3, 0.4) is 0 Å². The minimum Gasteiger partial charge on any atom is -0.372 e. The number of nitrogens with one attached hydrogen (secondary N) is 1. The number of nitrogens with zero attached hydrogens (tertiary/aromatic N) is 4. The van der Waals surface area contributed by atoms with E-state index >= 15 is 0 Å². The van der Waals surface area contributed by atoms with Crippen molar-refractivity contribution in [2.75, 3.05) is 12.4 Å². The fourth-order valence-corrected chi connectivity index (χ4v) is 2.41. The summed E-state index contributed by atoms with van der Waals surface area (Å²) in [4.78, 5) is 8.39. The average Bonchev–Trinajstić information content (AvgIpc) is 2.84. The van der Waals surface area contributed by atoms with E-state index in [-0.39, 0.29) is 5.28 Å². The van der Waals surface area contributed by atoms with E-state index in [2.05, 4.69) is 20.4 Å². The van der Waals surface area contributed by atoms with Gasteiger partial charge >= 0.3 is 0 Å². The molecule has 2 heterocycles. The summed E-state index contributed by atoms with van der Waals surface area (Å²) in [5.41, 5.74) is 2.43. The summed E-state index contributed by atoms with van der Waals surface area (Å²) in [5.74, 6) is 0.644. The first-order chi connectivity index (χ1) is 9.61. The topological polar surface area (TPSA) is 55.6 Å². The third-order valence-corrected chi connectivity index (χ3v) is 3.68. The Kier molecular flexibility index (Phi) is 3.23. The van der Waals surface area contributed by atoms with E-state index in [4.69, 9.17) is 23.2 Å². The van der Waals surface area contributed by atoms with Crippen LogP contribution in [0.25, 0.3) is 16.7 Å². The molecule has 0 unspecified atom stereocenters. The van der Waals surface area contributed by atoms with Crippen molar-refractivity contribution in [2.45, 2.75) is 6.92 Å². The van der Waals surface area contributed by atoms with Gasteiger partial charge in [-0.1, -0.05) is 17.7 Å². The van der Waals surface area contributed by atoms with Gasteiger partial charge in [0.1, 0.15) is 5.82 Å². The second-order valence-electron chi connectivity index (χ2n) is 4.27. The van der Waals surface area contributed by atoms with E-state index in [0.29, 0.717) is 16.5 Å². The molecule has 5 nitrogen and oxygen atoms in total. The van der Waals surface area contributed by atoms with Crippen molar-refractivity contribution in [1.29, 1.82) is 0 Å². The molecule has 1 N–H and O–H groups in total. The second-order valence-corrected chi connectivity index (χ2v) is 5.01. The lowest BCUT2D eigenvalue weighted by Gasteiger charge is -2.08. The SMILES string of the molecule is CNc1nc(Cl)nc2c1cnn2-c1cccc(Cl)c1C. The van der Waals surface area contributed by atoms with Crippen LogP contribution in [-0.4, -0.2) is 26.8 Å². The minimum atomic E-state index is 0.170. The Morgan fingerprint density at radius 3 is 2.75 bits per heavy atom. The molecule has 2 aromatic heterocycles. The number of halogens is 2. The first kappa shape index (κ1) is 13.1. The molecule has 0 aliphatic carbocycles. The molecule has 0 saturated carbocycles. The fraction of sp³-hybridized carbons (Fsp3) is 0.154. The van der Waals surface area contributed by atoms with Crippen LogP contribution in [0.4, 0.5) is 5.82 Å². The van der Waals surface area contributed by atoms with Crippen molar-refractivity contribution >= 4 is 40.1 Å². The highest BCUT2D eigenvalue weighted by atomic mass is 35.5. The highest BCUT2D eigenvalue weighted by molar-refractivity contribution is 6.31. The standard InChI is InChI=1S/C13H11Cl2N5/c1-7-9(14)4-3-5-10(7)20-12-8(6-17-20)11(16-2)18-13(15)19-12/h3-6H,1-2H3,(H,16,18,19). The van der Waals surface area contributed by atoms with Crippen LogP contribution < -0.4 is 5.32 Å². The Labute approximate surface area is 125 Å². The van der Waals surface area contributed by atoms with Crippen molar-refractivity contribution in [1.82, 2.24) is 19.7 Å². The maximum atomic E-state index is 6.16. The molecular formula is C13H11Cl2N5. The van der Waals surface area contributed by atoms with Crippen LogP contribution in [0.1, 0.15) is 5.56 Å². The van der Waals surface area contributed by atoms with Crippen LogP contribution in [0, 0.1) is 6.92 Å². The van der Waals surface area contributed by atoms with Gasteiger partial charge in [0.15, 0.2) is 5.65 Å². The van der Waals surface area contributed by atoms with Gasteiger partial charge in [-0.3, -0.25) is 0 Å². The molecule has 20 heavy (non-hydrogen) atoms. The molecule has 0 aliphatic heterocycles. The van der Waals surface area contributed by atoms with E-state index in [0.717, 1.165) is 16.6 Å². The molecule has 7 heteroatoms. The molecule has 0 bridgehead atoms. The van der Waals surface area contributed by atoms with Crippen LogP contribution in [0.15, 0.2) is 24.4 Å². The molecule has 3 aromatic rings. The maximum Gasteiger partial charge on any atom is 0.226 e. The van der Waals surface area contributed by atoms with Gasteiger partial charge in [-0.15, -0.1) is 0 Å². The van der Waals surface area contributed by atoms with E-state index < -0.39 is 0 Å². The van der Waals surface area contributed by atoms with Crippen LogP contribution >= 0.6 is 23.2 Å². The van der Waals surface area contributed by atoms with E-state index in [1.54, 1.807) is 17.9 Å². The Morgan fingerprint density at radius 1 is 1.20 bits per heavy atom. The highest BCUT2D eigenvalue weighted by Gasteiger charge is 2.14. The van der Waals surface area contributed by atoms with Gasteiger partial charge in [0.25, 0.3) is 0 Å². The normalized spacial score (nSPS) is 11.0. The zero-order valence-corrected chi connectivity index (χ0v) is 12.4. The summed E-state index contributed by atoms with van der Waals surface area (Å²) in [6.07, 6.45) is 1.71. The molecule has 0 radical (unpaired) electrons. The first-order valence-corrected chi connectivity index (χ1v) is 6.72. The summed E-state index contributed by atoms with van der Waals surface area (Å²) >= 11 is 12.1. The predicted molar refractivity (Wildman–Crippen MR) is 81.0 cm³/mol.